The van der Waals surface area contributed by atoms with Gasteiger partial charge in [-0.3, -0.25) is 0 Å². The van der Waals surface area contributed by atoms with Crippen molar-refractivity contribution >= 4 is 23.0 Å². The zero-order valence-corrected chi connectivity index (χ0v) is 14.4. The maximum Gasteiger partial charge on any atom is 0.349 e. The highest BCUT2D eigenvalue weighted by Gasteiger charge is 2.16. The van der Waals surface area contributed by atoms with E-state index in [1.165, 1.54) is 18.4 Å². The molecular weight excluding hydrogens is 312 g/mol. The predicted octanol–water partition coefficient (Wildman–Crippen LogP) is 3.46. The zero-order chi connectivity index (χ0) is 16.8. The van der Waals surface area contributed by atoms with E-state index in [2.05, 4.69) is 11.6 Å². The van der Waals surface area contributed by atoms with E-state index in [9.17, 15) is 4.79 Å². The van der Waals surface area contributed by atoms with Crippen molar-refractivity contribution in [3.8, 4) is 5.75 Å². The van der Waals surface area contributed by atoms with Gasteiger partial charge in [0, 0.05) is 12.2 Å². The highest BCUT2D eigenvalue weighted by molar-refractivity contribution is 7.11. The first-order chi connectivity index (χ1) is 11.1. The van der Waals surface area contributed by atoms with Gasteiger partial charge in [-0.1, -0.05) is 17.4 Å². The molecular formula is C17H20N2O3S. The molecule has 1 heterocycles. The maximum absolute atomic E-state index is 11.9. The molecule has 23 heavy (non-hydrogen) atoms. The van der Waals surface area contributed by atoms with Crippen LogP contribution in [0.1, 0.15) is 22.3 Å². The Hall–Kier alpha value is -2.34. The molecule has 0 aliphatic heterocycles. The number of nitrogens with zero attached hydrogens (tertiary/aromatic N) is 2. The van der Waals surface area contributed by atoms with Crippen LogP contribution in [-0.4, -0.2) is 24.3 Å². The van der Waals surface area contributed by atoms with E-state index in [1.54, 1.807) is 6.08 Å². The van der Waals surface area contributed by atoms with Gasteiger partial charge in [0.15, 0.2) is 4.80 Å². The van der Waals surface area contributed by atoms with Crippen LogP contribution in [0, 0.1) is 6.92 Å². The van der Waals surface area contributed by atoms with Crippen LogP contribution in [0.5, 0.6) is 5.75 Å². The molecule has 0 saturated carbocycles. The molecule has 0 aliphatic carbocycles. The number of thiazole rings is 1. The van der Waals surface area contributed by atoms with Gasteiger partial charge in [-0.2, -0.15) is 0 Å². The van der Waals surface area contributed by atoms with Crippen molar-refractivity contribution in [2.24, 2.45) is 4.99 Å². The summed E-state index contributed by atoms with van der Waals surface area (Å²) in [4.78, 5) is 17.8. The molecule has 0 fully saturated rings. The molecule has 2 rings (SSSR count). The van der Waals surface area contributed by atoms with Crippen molar-refractivity contribution in [1.82, 2.24) is 4.57 Å². The van der Waals surface area contributed by atoms with E-state index >= 15 is 0 Å². The quantitative estimate of drug-likeness (QED) is 0.601. The Morgan fingerprint density at radius 2 is 2.09 bits per heavy atom. The van der Waals surface area contributed by atoms with E-state index in [4.69, 9.17) is 9.47 Å². The fourth-order valence-corrected chi connectivity index (χ4v) is 3.17. The molecule has 6 heteroatoms. The van der Waals surface area contributed by atoms with Gasteiger partial charge in [0.1, 0.15) is 10.6 Å². The molecule has 1 aromatic carbocycles. The lowest BCUT2D eigenvalue weighted by molar-refractivity contribution is 0.0605. The number of carbonyl (C=O) groups excluding carboxylic acids is 1. The summed E-state index contributed by atoms with van der Waals surface area (Å²) in [6.45, 7) is 8.79. The summed E-state index contributed by atoms with van der Waals surface area (Å²) in [5.41, 5.74) is 1.62. The van der Waals surface area contributed by atoms with E-state index in [0.29, 0.717) is 18.0 Å². The monoisotopic (exact) mass is 332 g/mol. The number of methoxy groups -OCH3 is 1. The lowest BCUT2D eigenvalue weighted by Gasteiger charge is -2.03. The average molecular weight is 332 g/mol. The Morgan fingerprint density at radius 3 is 2.65 bits per heavy atom. The summed E-state index contributed by atoms with van der Waals surface area (Å²) >= 11 is 1.31. The minimum Gasteiger partial charge on any atom is -0.494 e. The number of hydrogen-bond donors (Lipinski definition) is 0. The van der Waals surface area contributed by atoms with Gasteiger partial charge in [-0.15, -0.1) is 6.58 Å². The van der Waals surface area contributed by atoms with Gasteiger partial charge < -0.3 is 14.0 Å². The van der Waals surface area contributed by atoms with Crippen LogP contribution < -0.4 is 9.54 Å². The lowest BCUT2D eigenvalue weighted by Crippen LogP contribution is -2.15. The fraction of sp³-hybridized carbons (Fsp3) is 0.294. The Kier molecular flexibility index (Phi) is 5.76. The Morgan fingerprint density at radius 1 is 1.39 bits per heavy atom. The number of esters is 1. The zero-order valence-electron chi connectivity index (χ0n) is 13.5. The Labute approximate surface area is 139 Å². The standard InChI is InChI=1S/C17H20N2O3S/c1-5-11-19-12(3)15(16(20)21-4)23-17(19)18-13-7-9-14(10-8-13)22-6-2/h5,7-10H,1,6,11H2,2-4H3. The molecule has 0 amide bonds. The molecule has 0 unspecified atom stereocenters. The smallest absolute Gasteiger partial charge is 0.349 e. The summed E-state index contributed by atoms with van der Waals surface area (Å²) in [5, 5.41) is 0. The maximum atomic E-state index is 11.9. The second-order valence-corrected chi connectivity index (χ2v) is 5.71. The third-order valence-electron chi connectivity index (χ3n) is 3.21. The van der Waals surface area contributed by atoms with Gasteiger partial charge in [-0.05, 0) is 38.1 Å². The van der Waals surface area contributed by atoms with E-state index in [-0.39, 0.29) is 5.97 Å². The van der Waals surface area contributed by atoms with Gasteiger partial charge in [-0.25, -0.2) is 9.79 Å². The van der Waals surface area contributed by atoms with Gasteiger partial charge in [0.25, 0.3) is 0 Å². The van der Waals surface area contributed by atoms with Gasteiger partial charge in [0.05, 0.1) is 19.4 Å². The van der Waals surface area contributed by atoms with Crippen molar-refractivity contribution in [2.75, 3.05) is 13.7 Å². The van der Waals surface area contributed by atoms with Crippen LogP contribution in [0.2, 0.25) is 0 Å². The van der Waals surface area contributed by atoms with Crippen LogP contribution in [0.3, 0.4) is 0 Å². The second-order valence-electron chi connectivity index (χ2n) is 4.73. The molecule has 0 aliphatic rings. The molecule has 2 aromatic rings. The summed E-state index contributed by atoms with van der Waals surface area (Å²) in [6, 6.07) is 7.52. The first-order valence-corrected chi connectivity index (χ1v) is 8.09. The minimum atomic E-state index is -0.349. The summed E-state index contributed by atoms with van der Waals surface area (Å²) < 4.78 is 12.2. The number of benzene rings is 1. The molecule has 0 saturated heterocycles. The van der Waals surface area contributed by atoms with Crippen LogP contribution in [0.4, 0.5) is 5.69 Å². The summed E-state index contributed by atoms with van der Waals surface area (Å²) in [6.07, 6.45) is 1.78. The molecule has 0 bridgehead atoms. The Balaban J connectivity index is 2.47. The average Bonchev–Trinajstić information content (AvgIpc) is 2.86. The minimum absolute atomic E-state index is 0.349. The lowest BCUT2D eigenvalue weighted by atomic mass is 10.3. The SMILES string of the molecule is C=CCn1c(C)c(C(=O)OC)sc1=Nc1ccc(OCC)cc1. The van der Waals surface area contributed by atoms with Crippen LogP contribution >= 0.6 is 11.3 Å². The second kappa shape index (κ2) is 7.78. The fourth-order valence-electron chi connectivity index (χ4n) is 2.09. The van der Waals surface area contributed by atoms with E-state index < -0.39 is 0 Å². The van der Waals surface area contributed by atoms with Gasteiger partial charge in [0.2, 0.25) is 0 Å². The molecule has 0 N–H and O–H groups in total. The summed E-state index contributed by atoms with van der Waals surface area (Å²) in [7, 11) is 1.38. The van der Waals surface area contributed by atoms with Crippen molar-refractivity contribution in [2.45, 2.75) is 20.4 Å². The number of carbonyl (C=O) groups is 1. The normalized spacial score (nSPS) is 11.3. The van der Waals surface area contributed by atoms with Crippen molar-refractivity contribution in [3.63, 3.8) is 0 Å². The van der Waals surface area contributed by atoms with Crippen molar-refractivity contribution in [1.29, 1.82) is 0 Å². The van der Waals surface area contributed by atoms with E-state index in [1.807, 2.05) is 42.7 Å². The first-order valence-electron chi connectivity index (χ1n) is 7.27. The van der Waals surface area contributed by atoms with Gasteiger partial charge >= 0.3 is 5.97 Å². The van der Waals surface area contributed by atoms with Crippen LogP contribution in [0.25, 0.3) is 0 Å². The third kappa shape index (κ3) is 3.90. The Bertz CT molecular complexity index is 757. The number of hydrogen-bond acceptors (Lipinski definition) is 5. The van der Waals surface area contributed by atoms with Crippen LogP contribution in [0.15, 0.2) is 41.9 Å². The molecule has 5 nitrogen and oxygen atoms in total. The van der Waals surface area contributed by atoms with E-state index in [0.717, 1.165) is 21.9 Å². The largest absolute Gasteiger partial charge is 0.494 e. The molecule has 122 valence electrons. The van der Waals surface area contributed by atoms with Crippen LogP contribution in [-0.2, 0) is 11.3 Å². The molecule has 0 atom stereocenters. The van der Waals surface area contributed by atoms with Crippen molar-refractivity contribution in [3.05, 3.63) is 52.3 Å². The van der Waals surface area contributed by atoms with Crippen molar-refractivity contribution < 1.29 is 14.3 Å². The molecule has 0 spiro atoms. The number of allylic oxidation sites excluding steroid dienone is 1. The number of rotatable bonds is 6. The first kappa shape index (κ1) is 17.0. The third-order valence-corrected chi connectivity index (χ3v) is 4.37. The number of ether oxygens (including phenoxy) is 2. The number of aromatic nitrogens is 1. The predicted molar refractivity (Wildman–Crippen MR) is 91.4 cm³/mol. The summed E-state index contributed by atoms with van der Waals surface area (Å²) in [5.74, 6) is 0.460. The topological polar surface area (TPSA) is 52.8 Å². The molecule has 0 radical (unpaired) electrons. The highest BCUT2D eigenvalue weighted by atomic mass is 32.1. The molecule has 1 aromatic heterocycles. The highest BCUT2D eigenvalue weighted by Crippen LogP contribution is 2.19.